The van der Waals surface area contributed by atoms with Crippen LogP contribution in [-0.4, -0.2) is 49.6 Å². The Labute approximate surface area is 175 Å². The molecule has 172 valence electrons. The summed E-state index contributed by atoms with van der Waals surface area (Å²) in [6.07, 6.45) is 19.5. The third kappa shape index (κ3) is 23.8. The maximum Gasteiger partial charge on any atom is 0.397 e. The summed E-state index contributed by atoms with van der Waals surface area (Å²) < 4.78 is 30.0. The highest BCUT2D eigenvalue weighted by Gasteiger charge is 2.18. The molecule has 0 saturated carbocycles. The van der Waals surface area contributed by atoms with Gasteiger partial charge in [0.25, 0.3) is 0 Å². The van der Waals surface area contributed by atoms with Gasteiger partial charge in [0.1, 0.15) is 19.6 Å². The van der Waals surface area contributed by atoms with Crippen molar-refractivity contribution in [2.24, 2.45) is 0 Å². The minimum absolute atomic E-state index is 0.262. The fraction of sp³-hybridized carbons (Fsp3) is 1.00. The van der Waals surface area contributed by atoms with Crippen molar-refractivity contribution in [2.75, 3.05) is 26.7 Å². The van der Waals surface area contributed by atoms with Gasteiger partial charge < -0.3 is 0 Å². The predicted molar refractivity (Wildman–Crippen MR) is 117 cm³/mol. The molecule has 0 aliphatic carbocycles. The molecule has 0 aliphatic rings. The maximum absolute atomic E-state index is 10.2. The van der Waals surface area contributed by atoms with Gasteiger partial charge in [-0.15, -0.1) is 0 Å². The van der Waals surface area contributed by atoms with E-state index in [0.29, 0.717) is 0 Å². The van der Waals surface area contributed by atoms with Crippen molar-refractivity contribution in [3.63, 3.8) is 0 Å². The molecule has 0 aromatic heterocycles. The van der Waals surface area contributed by atoms with E-state index in [1.165, 1.54) is 89.9 Å². The van der Waals surface area contributed by atoms with E-state index in [-0.39, 0.29) is 4.65 Å². The predicted octanol–water partition coefficient (Wildman–Crippen LogP) is 6.15. The van der Waals surface area contributed by atoms with Gasteiger partial charge in [0, 0.05) is 0 Å². The highest BCUT2D eigenvalue weighted by Crippen LogP contribution is 2.13. The number of unbranched alkanes of at least 4 members (excludes halogenated alkanes) is 13. The first-order valence-corrected chi connectivity index (χ1v) is 12.7. The molecule has 0 bridgehead atoms. The van der Waals surface area contributed by atoms with Crippen LogP contribution in [0, 0.1) is 0 Å². The van der Waals surface area contributed by atoms with Crippen LogP contribution in [0.15, 0.2) is 0 Å². The lowest BCUT2D eigenvalue weighted by Crippen LogP contribution is -2.44. The largest absolute Gasteiger partial charge is 0.397 e. The Morgan fingerprint density at radius 3 is 1.21 bits per heavy atom. The molecule has 0 amide bonds. The van der Waals surface area contributed by atoms with Crippen LogP contribution in [0.1, 0.15) is 111 Å². The molecule has 0 rings (SSSR count). The monoisotopic (exact) mass is 426 g/mol. The second-order valence-corrected chi connectivity index (χ2v) is 8.83. The molecule has 0 unspecified atom stereocenters. The lowest BCUT2D eigenvalue weighted by atomic mass is 10.0. The molecule has 0 aromatic rings. The summed E-state index contributed by atoms with van der Waals surface area (Å²) in [5.74, 6) is 0. The summed E-state index contributed by atoms with van der Waals surface area (Å²) in [6, 6.07) is 0. The Morgan fingerprint density at radius 2 is 0.964 bits per heavy atom. The third-order valence-corrected chi connectivity index (χ3v) is 5.74. The van der Waals surface area contributed by atoms with E-state index < -0.39 is 10.4 Å². The Bertz CT molecular complexity index is 411. The smallest absolute Gasteiger partial charge is 0.264 e. The van der Waals surface area contributed by atoms with E-state index in [4.69, 9.17) is 4.55 Å². The minimum atomic E-state index is -4.16. The van der Waals surface area contributed by atoms with Gasteiger partial charge in [0.15, 0.2) is 0 Å². The molecule has 2 N–H and O–H groups in total. The van der Waals surface area contributed by atoms with Gasteiger partial charge >= 0.3 is 10.4 Å². The molecule has 0 saturated heterocycles. The number of hydrogen-bond donors (Lipinski definition) is 2. The second kappa shape index (κ2) is 20.1. The first kappa shape index (κ1) is 30.0. The van der Waals surface area contributed by atoms with E-state index in [0.717, 1.165) is 26.7 Å². The Hall–Kier alpha value is -0.210. The third-order valence-electron chi connectivity index (χ3n) is 5.32. The standard InChI is InChI=1S/C20H44NO.CH4O4S/c1-4-7-8-9-10-11-12-13-14-15-16-17-18-19-20-21(22,5-2)6-3;1-5-6(2,3)4/h22H,4-20H2,1-3H3;1H3,(H,2,3,4)/q+1;. The summed E-state index contributed by atoms with van der Waals surface area (Å²) >= 11 is 0. The first-order chi connectivity index (χ1) is 13.2. The van der Waals surface area contributed by atoms with Crippen molar-refractivity contribution in [1.29, 1.82) is 0 Å². The SMILES string of the molecule is CCCCCCCCCCCCCCCC[N+](O)(CC)CC.COS(=O)(=O)O. The van der Waals surface area contributed by atoms with Gasteiger partial charge in [-0.05, 0) is 26.7 Å². The quantitative estimate of drug-likeness (QED) is 0.119. The van der Waals surface area contributed by atoms with Gasteiger partial charge in [-0.25, -0.2) is 5.21 Å². The Kier molecular flexibility index (Phi) is 21.5. The number of rotatable bonds is 18. The summed E-state index contributed by atoms with van der Waals surface area (Å²) in [7, 11) is -3.29. The van der Waals surface area contributed by atoms with E-state index in [1.54, 1.807) is 0 Å². The van der Waals surface area contributed by atoms with Crippen molar-refractivity contribution < 1.29 is 27.0 Å². The molecule has 0 fully saturated rings. The van der Waals surface area contributed by atoms with Gasteiger partial charge in [-0.1, -0.05) is 84.0 Å². The maximum atomic E-state index is 10.2. The van der Waals surface area contributed by atoms with Gasteiger partial charge in [0.05, 0.1) is 7.11 Å². The topological polar surface area (TPSA) is 83.8 Å². The van der Waals surface area contributed by atoms with Crippen molar-refractivity contribution >= 4 is 10.4 Å². The molecule has 28 heavy (non-hydrogen) atoms. The summed E-state index contributed by atoms with van der Waals surface area (Å²) in [5.41, 5.74) is 0. The Balaban J connectivity index is 0. The number of nitrogens with zero attached hydrogens (tertiary/aromatic N) is 1. The van der Waals surface area contributed by atoms with Crippen LogP contribution in [0.25, 0.3) is 0 Å². The van der Waals surface area contributed by atoms with Gasteiger partial charge in [0.2, 0.25) is 0 Å². The number of quaternary nitrogens is 1. The van der Waals surface area contributed by atoms with Gasteiger partial charge in [-0.3, -0.25) is 8.74 Å². The average Bonchev–Trinajstić information content (AvgIpc) is 2.68. The van der Waals surface area contributed by atoms with Crippen LogP contribution in [0.5, 0.6) is 0 Å². The van der Waals surface area contributed by atoms with Crippen molar-refractivity contribution in [1.82, 2.24) is 0 Å². The summed E-state index contributed by atoms with van der Waals surface area (Å²) in [6.45, 7) is 9.06. The van der Waals surface area contributed by atoms with Crippen molar-refractivity contribution in [2.45, 2.75) is 111 Å². The van der Waals surface area contributed by atoms with Crippen molar-refractivity contribution in [3.8, 4) is 0 Å². The van der Waals surface area contributed by atoms with E-state index in [1.807, 2.05) is 0 Å². The molecule has 0 spiro atoms. The lowest BCUT2D eigenvalue weighted by molar-refractivity contribution is -1.10. The van der Waals surface area contributed by atoms with Crippen LogP contribution in [0.3, 0.4) is 0 Å². The van der Waals surface area contributed by atoms with Crippen LogP contribution >= 0.6 is 0 Å². The molecule has 0 radical (unpaired) electrons. The average molecular weight is 427 g/mol. The van der Waals surface area contributed by atoms with E-state index in [2.05, 4.69) is 25.0 Å². The number of hydrogen-bond acceptors (Lipinski definition) is 4. The fourth-order valence-electron chi connectivity index (χ4n) is 3.14. The van der Waals surface area contributed by atoms with E-state index >= 15 is 0 Å². The zero-order chi connectivity index (χ0) is 21.7. The second-order valence-electron chi connectivity index (χ2n) is 7.64. The molecule has 0 atom stereocenters. The molecule has 0 aliphatic heterocycles. The molecule has 0 heterocycles. The first-order valence-electron chi connectivity index (χ1n) is 11.4. The lowest BCUT2D eigenvalue weighted by Gasteiger charge is -2.27. The summed E-state index contributed by atoms with van der Waals surface area (Å²) in [4.78, 5) is 0. The van der Waals surface area contributed by atoms with Crippen LogP contribution in [-0.2, 0) is 14.6 Å². The summed E-state index contributed by atoms with van der Waals surface area (Å²) in [5, 5.41) is 10.2. The highest BCUT2D eigenvalue weighted by atomic mass is 32.3. The normalized spacial score (nSPS) is 11.9. The minimum Gasteiger partial charge on any atom is -0.264 e. The molecule has 6 nitrogen and oxygen atoms in total. The van der Waals surface area contributed by atoms with E-state index in [9.17, 15) is 13.6 Å². The zero-order valence-corrected chi connectivity index (χ0v) is 19.8. The molecular weight excluding hydrogens is 378 g/mol. The van der Waals surface area contributed by atoms with Crippen molar-refractivity contribution in [3.05, 3.63) is 0 Å². The van der Waals surface area contributed by atoms with Crippen LogP contribution in [0.4, 0.5) is 0 Å². The molecule has 7 heteroatoms. The Morgan fingerprint density at radius 1 is 0.679 bits per heavy atom. The number of hydroxylamine groups is 3. The van der Waals surface area contributed by atoms with Crippen LogP contribution in [0.2, 0.25) is 0 Å². The van der Waals surface area contributed by atoms with Crippen LogP contribution < -0.4 is 0 Å². The zero-order valence-electron chi connectivity index (χ0n) is 19.0. The molecular formula is C21H48NO5S+. The molecule has 0 aromatic carbocycles. The van der Waals surface area contributed by atoms with Gasteiger partial charge in [-0.2, -0.15) is 13.1 Å². The highest BCUT2D eigenvalue weighted by molar-refractivity contribution is 7.80. The fourth-order valence-corrected chi connectivity index (χ4v) is 3.14.